The van der Waals surface area contributed by atoms with Gasteiger partial charge in [0.05, 0.1) is 21.1 Å². The van der Waals surface area contributed by atoms with Crippen molar-refractivity contribution in [1.82, 2.24) is 5.32 Å². The van der Waals surface area contributed by atoms with E-state index >= 15 is 0 Å². The molecule has 9 heteroatoms. The second-order valence-electron chi connectivity index (χ2n) is 4.85. The number of carbonyl (C=O) groups excluding carboxylic acids is 1. The number of ether oxygens (including phenoxy) is 1. The summed E-state index contributed by atoms with van der Waals surface area (Å²) in [6.45, 7) is 3.82. The van der Waals surface area contributed by atoms with Crippen LogP contribution >= 0.6 is 38.2 Å². The molecule has 1 amide bonds. The van der Waals surface area contributed by atoms with Gasteiger partial charge >= 0.3 is 0 Å². The van der Waals surface area contributed by atoms with E-state index in [-0.39, 0.29) is 26.5 Å². The van der Waals surface area contributed by atoms with Gasteiger partial charge in [0, 0.05) is 28.8 Å². The Morgan fingerprint density at radius 2 is 2.00 bits per heavy atom. The summed E-state index contributed by atoms with van der Waals surface area (Å²) >= 11 is 9.12. The van der Waals surface area contributed by atoms with Crippen molar-refractivity contribution in [2.45, 2.75) is 24.3 Å². The summed E-state index contributed by atoms with van der Waals surface area (Å²) in [5.74, 6) is -0.520. The minimum Gasteiger partial charge on any atom is -0.377 e. The highest BCUT2D eigenvalue weighted by Gasteiger charge is 2.22. The van der Waals surface area contributed by atoms with Crippen LogP contribution in [0.3, 0.4) is 0 Å². The molecule has 0 spiro atoms. The maximum absolute atomic E-state index is 12.1. The Morgan fingerprint density at radius 1 is 1.43 bits per heavy atom. The molecule has 0 saturated carbocycles. The third-order valence-electron chi connectivity index (χ3n) is 2.76. The molecule has 1 N–H and O–H groups in total. The zero-order valence-electron chi connectivity index (χ0n) is 11.5. The fraction of sp³-hybridized carbons (Fsp3) is 0.417. The lowest BCUT2D eigenvalue weighted by molar-refractivity contribution is 0.0228. The minimum atomic E-state index is -3.97. The van der Waals surface area contributed by atoms with Crippen LogP contribution in [0.25, 0.3) is 0 Å². The van der Waals surface area contributed by atoms with Crippen LogP contribution in [0.1, 0.15) is 24.2 Å². The molecule has 1 rings (SSSR count). The topological polar surface area (TPSA) is 72.5 Å². The molecule has 0 bridgehead atoms. The Kier molecular flexibility index (Phi) is 6.08. The van der Waals surface area contributed by atoms with Gasteiger partial charge in [-0.15, -0.1) is 0 Å². The van der Waals surface area contributed by atoms with Crippen molar-refractivity contribution in [2.75, 3.05) is 13.7 Å². The second kappa shape index (κ2) is 6.83. The maximum Gasteiger partial charge on any atom is 0.261 e. The maximum atomic E-state index is 12.1. The van der Waals surface area contributed by atoms with E-state index in [1.165, 1.54) is 13.2 Å². The summed E-state index contributed by atoms with van der Waals surface area (Å²) in [7, 11) is 2.85. The van der Waals surface area contributed by atoms with E-state index in [0.717, 1.165) is 6.07 Å². The number of rotatable bonds is 5. The van der Waals surface area contributed by atoms with Crippen LogP contribution in [0.5, 0.6) is 0 Å². The predicted molar refractivity (Wildman–Crippen MR) is 85.6 cm³/mol. The molecule has 5 nitrogen and oxygen atoms in total. The SMILES string of the molecule is COC(C)(C)CNC(=O)c1cc(S(=O)(=O)Cl)cc(Br)c1Cl. The van der Waals surface area contributed by atoms with E-state index in [0.29, 0.717) is 0 Å². The van der Waals surface area contributed by atoms with E-state index in [4.69, 9.17) is 27.0 Å². The number of carbonyl (C=O) groups is 1. The quantitative estimate of drug-likeness (QED) is 0.745. The summed E-state index contributed by atoms with van der Waals surface area (Å²) in [5.41, 5.74) is -0.549. The summed E-state index contributed by atoms with van der Waals surface area (Å²) in [6.07, 6.45) is 0. The van der Waals surface area contributed by atoms with Crippen molar-refractivity contribution in [3.63, 3.8) is 0 Å². The number of hydrogen-bond donors (Lipinski definition) is 1. The molecule has 1 aromatic rings. The molecule has 0 saturated heterocycles. The molecule has 118 valence electrons. The summed E-state index contributed by atoms with van der Waals surface area (Å²) in [6, 6.07) is 2.37. The van der Waals surface area contributed by atoms with Gasteiger partial charge in [-0.25, -0.2) is 8.42 Å². The minimum absolute atomic E-state index is 0.0113. The highest BCUT2D eigenvalue weighted by Crippen LogP contribution is 2.31. The van der Waals surface area contributed by atoms with E-state index < -0.39 is 20.6 Å². The third-order valence-corrected chi connectivity index (χ3v) is 5.35. The molecule has 0 heterocycles. The standard InChI is InChI=1S/C12H14BrCl2NO4S/c1-12(2,20-3)6-16-11(17)8-4-7(21(15,18)19)5-9(13)10(8)14/h4-5H,6H2,1-3H3,(H,16,17). The number of benzene rings is 1. The fourth-order valence-electron chi connectivity index (χ4n) is 1.33. The van der Waals surface area contributed by atoms with E-state index in [9.17, 15) is 13.2 Å². The summed E-state index contributed by atoms with van der Waals surface area (Å²) in [5, 5.41) is 2.73. The largest absolute Gasteiger partial charge is 0.377 e. The smallest absolute Gasteiger partial charge is 0.261 e. The molecule has 0 fully saturated rings. The fourth-order valence-corrected chi connectivity index (χ4v) is 2.92. The van der Waals surface area contributed by atoms with Crippen LogP contribution in [0.15, 0.2) is 21.5 Å². The van der Waals surface area contributed by atoms with Gasteiger partial charge in [0.15, 0.2) is 0 Å². The van der Waals surface area contributed by atoms with Gasteiger partial charge in [-0.05, 0) is 41.9 Å². The molecule has 0 atom stereocenters. The van der Waals surface area contributed by atoms with Crippen LogP contribution < -0.4 is 5.32 Å². The molecule has 0 aliphatic heterocycles. The molecule has 21 heavy (non-hydrogen) atoms. The van der Waals surface area contributed by atoms with Gasteiger partial charge in [-0.2, -0.15) is 0 Å². The van der Waals surface area contributed by atoms with Crippen LogP contribution in [-0.4, -0.2) is 33.6 Å². The Labute approximate surface area is 141 Å². The zero-order valence-corrected chi connectivity index (χ0v) is 15.5. The normalized spacial score (nSPS) is 12.3. The van der Waals surface area contributed by atoms with Crippen molar-refractivity contribution < 1.29 is 17.9 Å². The molecular formula is C12H14BrCl2NO4S. The van der Waals surface area contributed by atoms with Gasteiger partial charge < -0.3 is 10.1 Å². The van der Waals surface area contributed by atoms with Crippen LogP contribution in [-0.2, 0) is 13.8 Å². The lowest BCUT2D eigenvalue weighted by Gasteiger charge is -2.23. The summed E-state index contributed by atoms with van der Waals surface area (Å²) in [4.78, 5) is 11.9. The first kappa shape index (κ1) is 18.7. The molecule has 0 unspecified atom stereocenters. The Morgan fingerprint density at radius 3 is 2.48 bits per heavy atom. The number of nitrogens with one attached hydrogen (secondary N) is 1. The highest BCUT2D eigenvalue weighted by molar-refractivity contribution is 9.10. The van der Waals surface area contributed by atoms with Crippen molar-refractivity contribution in [3.8, 4) is 0 Å². The van der Waals surface area contributed by atoms with Crippen molar-refractivity contribution in [2.24, 2.45) is 0 Å². The Bertz CT molecular complexity index is 661. The van der Waals surface area contributed by atoms with Crippen molar-refractivity contribution >= 4 is 53.2 Å². The molecule has 0 aliphatic carbocycles. The number of methoxy groups -OCH3 is 1. The average Bonchev–Trinajstić information content (AvgIpc) is 2.38. The lowest BCUT2D eigenvalue weighted by atomic mass is 10.1. The third kappa shape index (κ3) is 5.10. The molecule has 0 aromatic heterocycles. The van der Waals surface area contributed by atoms with E-state index in [2.05, 4.69) is 21.2 Å². The zero-order chi connectivity index (χ0) is 16.4. The molecular weight excluding hydrogens is 405 g/mol. The molecule has 0 aliphatic rings. The number of halogens is 3. The van der Waals surface area contributed by atoms with Crippen LogP contribution in [0.4, 0.5) is 0 Å². The predicted octanol–water partition coefficient (Wildman–Crippen LogP) is 3.18. The average molecular weight is 419 g/mol. The monoisotopic (exact) mass is 417 g/mol. The molecule has 0 radical (unpaired) electrons. The summed E-state index contributed by atoms with van der Waals surface area (Å²) < 4.78 is 28.2. The first-order valence-electron chi connectivity index (χ1n) is 5.75. The Balaban J connectivity index is 3.13. The first-order valence-corrected chi connectivity index (χ1v) is 9.23. The highest BCUT2D eigenvalue weighted by atomic mass is 79.9. The van der Waals surface area contributed by atoms with Gasteiger partial charge in [0.1, 0.15) is 0 Å². The van der Waals surface area contributed by atoms with Crippen molar-refractivity contribution in [3.05, 3.63) is 27.2 Å². The Hall–Kier alpha value is -0.340. The van der Waals surface area contributed by atoms with Gasteiger partial charge in [0.2, 0.25) is 0 Å². The first-order chi connectivity index (χ1) is 9.48. The van der Waals surface area contributed by atoms with Gasteiger partial charge in [0.25, 0.3) is 15.0 Å². The number of hydrogen-bond acceptors (Lipinski definition) is 4. The van der Waals surface area contributed by atoms with Crippen molar-refractivity contribution in [1.29, 1.82) is 0 Å². The van der Waals surface area contributed by atoms with E-state index in [1.807, 2.05) is 0 Å². The van der Waals surface area contributed by atoms with Gasteiger partial charge in [-0.1, -0.05) is 11.6 Å². The van der Waals surface area contributed by atoms with Crippen LogP contribution in [0, 0.1) is 0 Å². The van der Waals surface area contributed by atoms with E-state index in [1.54, 1.807) is 13.8 Å². The van der Waals surface area contributed by atoms with Crippen LogP contribution in [0.2, 0.25) is 5.02 Å². The number of amides is 1. The molecule has 1 aromatic carbocycles. The lowest BCUT2D eigenvalue weighted by Crippen LogP contribution is -2.39. The second-order valence-corrected chi connectivity index (χ2v) is 8.65. The van der Waals surface area contributed by atoms with Gasteiger partial charge in [-0.3, -0.25) is 4.79 Å².